The van der Waals surface area contributed by atoms with Crippen LogP contribution in [-0.2, 0) is 9.53 Å². The van der Waals surface area contributed by atoms with Crippen LogP contribution in [-0.4, -0.2) is 31.3 Å². The molecular weight excluding hydrogens is 254 g/mol. The van der Waals surface area contributed by atoms with Gasteiger partial charge in [-0.25, -0.2) is 0 Å². The minimum Gasteiger partial charge on any atom is -0.481 e. The number of ether oxygens (including phenoxy) is 2. The summed E-state index contributed by atoms with van der Waals surface area (Å²) in [5, 5.41) is 2.89. The zero-order valence-corrected chi connectivity index (χ0v) is 12.4. The number of rotatable bonds is 5. The Bertz CT molecular complexity index is 467. The van der Waals surface area contributed by atoms with Crippen molar-refractivity contribution in [2.24, 2.45) is 0 Å². The number of hydrogen-bond donors (Lipinski definition) is 1. The number of benzene rings is 1. The molecule has 1 fully saturated rings. The molecule has 20 heavy (non-hydrogen) atoms. The lowest BCUT2D eigenvalue weighted by Gasteiger charge is -2.18. The molecule has 0 aliphatic carbocycles. The maximum Gasteiger partial charge on any atom is 0.260 e. The van der Waals surface area contributed by atoms with Crippen molar-refractivity contribution in [3.8, 4) is 5.75 Å². The smallest absolute Gasteiger partial charge is 0.260 e. The van der Waals surface area contributed by atoms with Gasteiger partial charge >= 0.3 is 0 Å². The molecule has 0 radical (unpaired) electrons. The Balaban J connectivity index is 1.83. The molecule has 110 valence electrons. The first kappa shape index (κ1) is 14.9. The molecule has 1 N–H and O–H groups in total. The Labute approximate surface area is 120 Å². The maximum absolute atomic E-state index is 12.0. The Hall–Kier alpha value is -1.55. The van der Waals surface area contributed by atoms with Gasteiger partial charge < -0.3 is 14.8 Å². The van der Waals surface area contributed by atoms with Crippen LogP contribution in [0, 0.1) is 13.8 Å². The Morgan fingerprint density at radius 3 is 2.95 bits per heavy atom. The summed E-state index contributed by atoms with van der Waals surface area (Å²) in [6.45, 7) is 7.16. The van der Waals surface area contributed by atoms with E-state index in [9.17, 15) is 4.79 Å². The molecule has 0 unspecified atom stereocenters. The van der Waals surface area contributed by atoms with Crippen LogP contribution in [0.3, 0.4) is 0 Å². The minimum absolute atomic E-state index is 0.0968. The van der Waals surface area contributed by atoms with Crippen molar-refractivity contribution in [3.05, 3.63) is 29.3 Å². The van der Waals surface area contributed by atoms with Crippen molar-refractivity contribution >= 4 is 5.91 Å². The molecule has 1 aliphatic heterocycles. The molecule has 0 aromatic heterocycles. The van der Waals surface area contributed by atoms with E-state index in [0.29, 0.717) is 6.54 Å². The van der Waals surface area contributed by atoms with E-state index < -0.39 is 6.10 Å². The van der Waals surface area contributed by atoms with E-state index in [1.807, 2.05) is 32.0 Å². The van der Waals surface area contributed by atoms with Gasteiger partial charge in [-0.2, -0.15) is 0 Å². The fraction of sp³-hybridized carbons (Fsp3) is 0.562. The summed E-state index contributed by atoms with van der Waals surface area (Å²) in [5.74, 6) is 0.663. The van der Waals surface area contributed by atoms with Gasteiger partial charge in [-0.3, -0.25) is 4.79 Å². The quantitative estimate of drug-likeness (QED) is 0.899. The Morgan fingerprint density at radius 1 is 1.50 bits per heavy atom. The average molecular weight is 277 g/mol. The van der Waals surface area contributed by atoms with Crippen molar-refractivity contribution in [2.45, 2.75) is 45.8 Å². The van der Waals surface area contributed by atoms with Gasteiger partial charge in [0.1, 0.15) is 5.75 Å². The van der Waals surface area contributed by atoms with Crippen LogP contribution in [0.1, 0.15) is 30.9 Å². The normalized spacial score (nSPS) is 19.6. The highest BCUT2D eigenvalue weighted by molar-refractivity contribution is 5.80. The summed E-state index contributed by atoms with van der Waals surface area (Å²) in [6.07, 6.45) is 1.76. The monoisotopic (exact) mass is 277 g/mol. The van der Waals surface area contributed by atoms with Crippen LogP contribution in [0.5, 0.6) is 5.75 Å². The molecule has 4 heteroatoms. The molecule has 0 bridgehead atoms. The summed E-state index contributed by atoms with van der Waals surface area (Å²) >= 11 is 0. The molecule has 0 spiro atoms. The van der Waals surface area contributed by atoms with Gasteiger partial charge in [0, 0.05) is 13.2 Å². The van der Waals surface area contributed by atoms with Crippen LogP contribution >= 0.6 is 0 Å². The summed E-state index contributed by atoms with van der Waals surface area (Å²) in [5.41, 5.74) is 2.23. The van der Waals surface area contributed by atoms with Gasteiger partial charge in [-0.15, -0.1) is 0 Å². The first-order chi connectivity index (χ1) is 9.56. The summed E-state index contributed by atoms with van der Waals surface area (Å²) in [4.78, 5) is 12.0. The van der Waals surface area contributed by atoms with Gasteiger partial charge in [0.05, 0.1) is 6.10 Å². The molecule has 1 aromatic carbocycles. The van der Waals surface area contributed by atoms with Gasteiger partial charge in [0.25, 0.3) is 5.91 Å². The number of amides is 1. The summed E-state index contributed by atoms with van der Waals surface area (Å²) in [6, 6.07) is 5.94. The predicted octanol–water partition coefficient (Wildman–Crippen LogP) is 2.37. The van der Waals surface area contributed by atoms with Crippen molar-refractivity contribution in [2.75, 3.05) is 13.2 Å². The SMILES string of the molecule is Cc1ccc(O[C@H](C)C(=O)NC[C@@H]2CCCO2)c(C)c1. The molecule has 0 saturated carbocycles. The molecule has 1 aliphatic rings. The maximum atomic E-state index is 12.0. The summed E-state index contributed by atoms with van der Waals surface area (Å²) in [7, 11) is 0. The van der Waals surface area contributed by atoms with E-state index in [-0.39, 0.29) is 12.0 Å². The van der Waals surface area contributed by atoms with E-state index in [0.717, 1.165) is 30.8 Å². The molecule has 2 rings (SSSR count). The highest BCUT2D eigenvalue weighted by Gasteiger charge is 2.19. The largest absolute Gasteiger partial charge is 0.481 e. The van der Waals surface area contributed by atoms with Crippen LogP contribution < -0.4 is 10.1 Å². The van der Waals surface area contributed by atoms with Crippen molar-refractivity contribution in [1.29, 1.82) is 0 Å². The van der Waals surface area contributed by atoms with E-state index >= 15 is 0 Å². The van der Waals surface area contributed by atoms with E-state index in [4.69, 9.17) is 9.47 Å². The lowest BCUT2D eigenvalue weighted by Crippen LogP contribution is -2.40. The van der Waals surface area contributed by atoms with Crippen molar-refractivity contribution in [1.82, 2.24) is 5.32 Å². The Morgan fingerprint density at radius 2 is 2.30 bits per heavy atom. The molecule has 1 heterocycles. The third-order valence-electron chi connectivity index (χ3n) is 3.53. The lowest BCUT2D eigenvalue weighted by molar-refractivity contribution is -0.127. The zero-order valence-electron chi connectivity index (χ0n) is 12.4. The highest BCUT2D eigenvalue weighted by Crippen LogP contribution is 2.20. The van der Waals surface area contributed by atoms with Crippen LogP contribution in [0.2, 0.25) is 0 Å². The van der Waals surface area contributed by atoms with Crippen molar-refractivity contribution in [3.63, 3.8) is 0 Å². The number of nitrogens with one attached hydrogen (secondary N) is 1. The Kier molecular flexibility index (Phi) is 5.01. The molecule has 1 saturated heterocycles. The van der Waals surface area contributed by atoms with Gasteiger partial charge in [-0.05, 0) is 45.2 Å². The number of carbonyl (C=O) groups is 1. The second kappa shape index (κ2) is 6.75. The molecule has 2 atom stereocenters. The topological polar surface area (TPSA) is 47.6 Å². The summed E-state index contributed by atoms with van der Waals surface area (Å²) < 4.78 is 11.2. The first-order valence-electron chi connectivity index (χ1n) is 7.19. The fourth-order valence-electron chi connectivity index (χ4n) is 2.34. The minimum atomic E-state index is -0.502. The first-order valence-corrected chi connectivity index (χ1v) is 7.19. The number of hydrogen-bond acceptors (Lipinski definition) is 3. The molecule has 1 amide bonds. The zero-order chi connectivity index (χ0) is 14.5. The van der Waals surface area contributed by atoms with E-state index in [1.54, 1.807) is 6.92 Å². The fourth-order valence-corrected chi connectivity index (χ4v) is 2.34. The van der Waals surface area contributed by atoms with Crippen LogP contribution in [0.25, 0.3) is 0 Å². The standard InChI is InChI=1S/C16H23NO3/c1-11-6-7-15(12(2)9-11)20-13(3)16(18)17-10-14-5-4-8-19-14/h6-7,9,13-14H,4-5,8,10H2,1-3H3,(H,17,18)/t13-,14+/m1/s1. The third kappa shape index (κ3) is 3.97. The van der Waals surface area contributed by atoms with Gasteiger partial charge in [-0.1, -0.05) is 17.7 Å². The second-order valence-electron chi connectivity index (χ2n) is 5.41. The van der Waals surface area contributed by atoms with Crippen LogP contribution in [0.15, 0.2) is 18.2 Å². The van der Waals surface area contributed by atoms with Crippen LogP contribution in [0.4, 0.5) is 0 Å². The third-order valence-corrected chi connectivity index (χ3v) is 3.53. The predicted molar refractivity (Wildman–Crippen MR) is 78.0 cm³/mol. The molecule has 1 aromatic rings. The average Bonchev–Trinajstić information content (AvgIpc) is 2.92. The number of aryl methyl sites for hydroxylation is 2. The van der Waals surface area contributed by atoms with Crippen molar-refractivity contribution < 1.29 is 14.3 Å². The number of carbonyl (C=O) groups excluding carboxylic acids is 1. The lowest BCUT2D eigenvalue weighted by atomic mass is 10.1. The highest BCUT2D eigenvalue weighted by atomic mass is 16.5. The van der Waals surface area contributed by atoms with Gasteiger partial charge in [0.15, 0.2) is 6.10 Å². The second-order valence-corrected chi connectivity index (χ2v) is 5.41. The molecule has 4 nitrogen and oxygen atoms in total. The van der Waals surface area contributed by atoms with E-state index in [1.165, 1.54) is 5.56 Å². The van der Waals surface area contributed by atoms with E-state index in [2.05, 4.69) is 5.32 Å². The molecular formula is C16H23NO3. The van der Waals surface area contributed by atoms with Gasteiger partial charge in [0.2, 0.25) is 0 Å².